The van der Waals surface area contributed by atoms with E-state index in [2.05, 4.69) is 61.1 Å². The first-order valence-corrected chi connectivity index (χ1v) is 14.0. The largest absolute Gasteiger partial charge is 0.325 e. The first kappa shape index (κ1) is 24.8. The van der Waals surface area contributed by atoms with Crippen molar-refractivity contribution in [2.75, 3.05) is 22.5 Å². The predicted molar refractivity (Wildman–Crippen MR) is 145 cm³/mol. The van der Waals surface area contributed by atoms with Crippen LogP contribution in [0.5, 0.6) is 0 Å². The van der Waals surface area contributed by atoms with E-state index in [0.29, 0.717) is 0 Å². The van der Waals surface area contributed by atoms with Gasteiger partial charge >= 0.3 is 0 Å². The Bertz CT molecular complexity index is 1100. The molecule has 0 unspecified atom stereocenters. The molecule has 1 fully saturated rings. The first-order chi connectivity index (χ1) is 15.5. The molecule has 2 heterocycles. The van der Waals surface area contributed by atoms with Crippen LogP contribution in [-0.4, -0.2) is 29.4 Å². The lowest BCUT2D eigenvalue weighted by Gasteiger charge is -2.20. The van der Waals surface area contributed by atoms with E-state index in [0.717, 1.165) is 55.4 Å². The number of anilines is 2. The molecular formula is C26H30Br2N2O2S. The Morgan fingerprint density at radius 1 is 0.970 bits per heavy atom. The van der Waals surface area contributed by atoms with Gasteiger partial charge in [0, 0.05) is 32.1 Å². The minimum atomic E-state index is -0.393. The fraction of sp³-hybridized carbons (Fsp3) is 0.462. The first-order valence-electron chi connectivity index (χ1n) is 11.4. The van der Waals surface area contributed by atoms with E-state index in [9.17, 15) is 9.59 Å². The van der Waals surface area contributed by atoms with E-state index in [1.165, 1.54) is 12.8 Å². The van der Waals surface area contributed by atoms with E-state index < -0.39 is 5.41 Å². The lowest BCUT2D eigenvalue weighted by Crippen LogP contribution is -2.36. The Morgan fingerprint density at radius 2 is 1.61 bits per heavy atom. The molecule has 0 aromatic heterocycles. The summed E-state index contributed by atoms with van der Waals surface area (Å²) in [5.41, 5.74) is 3.45. The van der Waals surface area contributed by atoms with Crippen molar-refractivity contribution in [2.45, 2.75) is 63.0 Å². The normalized spacial score (nSPS) is 19.5. The molecule has 1 saturated carbocycles. The minimum absolute atomic E-state index is 0.0700. The zero-order valence-corrected chi connectivity index (χ0v) is 23.5. The Hall–Kier alpha value is -1.31. The third-order valence-electron chi connectivity index (χ3n) is 6.58. The van der Waals surface area contributed by atoms with E-state index in [1.807, 2.05) is 56.9 Å². The molecule has 176 valence electrons. The second-order valence-electron chi connectivity index (χ2n) is 9.94. The summed E-state index contributed by atoms with van der Waals surface area (Å²) in [6.45, 7) is 8.76. The van der Waals surface area contributed by atoms with Crippen molar-refractivity contribution >= 4 is 66.8 Å². The molecule has 0 radical (unpaired) electrons. The van der Waals surface area contributed by atoms with Gasteiger partial charge in [-0.2, -0.15) is 11.8 Å². The number of halogens is 2. The Kier molecular flexibility index (Phi) is 7.05. The lowest BCUT2D eigenvalue weighted by molar-refractivity contribution is -0.122. The molecule has 3 aliphatic rings. The number of nitrogens with one attached hydrogen (secondary N) is 1. The predicted octanol–water partition coefficient (Wildman–Crippen LogP) is 7.04. The molecule has 7 heteroatoms. The second-order valence-corrected chi connectivity index (χ2v) is 13.2. The molecule has 0 atom stereocenters. The standard InChI is InChI=1S/C16H20BrNOS.C10H10BrNO/c1-16(2)13-7-4-11(17)10-14(13)18(15(16)19)8-3-9-20-12-5-6-12;1-10(2)7-4-3-6(11)5-8(7)12-9(10)13/h4,7,10,12H,3,5-6,8-9H2,1-2H3;3-5H,1-2H3,(H,12,13). The van der Waals surface area contributed by atoms with Gasteiger partial charge in [-0.1, -0.05) is 44.0 Å². The van der Waals surface area contributed by atoms with Crippen LogP contribution in [0.25, 0.3) is 0 Å². The van der Waals surface area contributed by atoms with Gasteiger partial charge in [0.25, 0.3) is 0 Å². The average molecular weight is 594 g/mol. The molecule has 5 rings (SSSR count). The zero-order valence-electron chi connectivity index (χ0n) is 19.5. The molecular weight excluding hydrogens is 564 g/mol. The molecule has 2 aromatic rings. The van der Waals surface area contributed by atoms with Gasteiger partial charge in [0.05, 0.1) is 10.8 Å². The highest BCUT2D eigenvalue weighted by Crippen LogP contribution is 2.43. The number of thioether (sulfide) groups is 1. The van der Waals surface area contributed by atoms with Crippen molar-refractivity contribution in [3.05, 3.63) is 56.5 Å². The fourth-order valence-electron chi connectivity index (χ4n) is 4.31. The maximum absolute atomic E-state index is 12.6. The molecule has 0 saturated heterocycles. The van der Waals surface area contributed by atoms with Crippen molar-refractivity contribution in [1.29, 1.82) is 0 Å². The van der Waals surface area contributed by atoms with Crippen LogP contribution in [0.3, 0.4) is 0 Å². The van der Waals surface area contributed by atoms with Crippen LogP contribution < -0.4 is 10.2 Å². The van der Waals surface area contributed by atoms with E-state index in [1.54, 1.807) is 0 Å². The van der Waals surface area contributed by atoms with Crippen molar-refractivity contribution < 1.29 is 9.59 Å². The van der Waals surface area contributed by atoms with Crippen molar-refractivity contribution in [3.8, 4) is 0 Å². The van der Waals surface area contributed by atoms with Crippen LogP contribution in [0, 0.1) is 0 Å². The molecule has 1 aliphatic carbocycles. The van der Waals surface area contributed by atoms with Crippen LogP contribution in [0.2, 0.25) is 0 Å². The molecule has 4 nitrogen and oxygen atoms in total. The number of carbonyl (C=O) groups is 2. The van der Waals surface area contributed by atoms with E-state index in [4.69, 9.17) is 0 Å². The third kappa shape index (κ3) is 5.06. The van der Waals surface area contributed by atoms with E-state index in [-0.39, 0.29) is 17.2 Å². The Balaban J connectivity index is 0.000000172. The molecule has 2 aliphatic heterocycles. The number of carbonyl (C=O) groups excluding carboxylic acids is 2. The van der Waals surface area contributed by atoms with Crippen LogP contribution in [0.4, 0.5) is 11.4 Å². The van der Waals surface area contributed by atoms with Gasteiger partial charge in [-0.3, -0.25) is 9.59 Å². The summed E-state index contributed by atoms with van der Waals surface area (Å²) < 4.78 is 2.03. The van der Waals surface area contributed by atoms with Crippen molar-refractivity contribution in [1.82, 2.24) is 0 Å². The van der Waals surface area contributed by atoms with Gasteiger partial charge in [-0.15, -0.1) is 0 Å². The summed E-state index contributed by atoms with van der Waals surface area (Å²) >= 11 is 8.95. The lowest BCUT2D eigenvalue weighted by atomic mass is 9.86. The Labute approximate surface area is 217 Å². The molecule has 2 amide bonds. The van der Waals surface area contributed by atoms with E-state index >= 15 is 0 Å². The quantitative estimate of drug-likeness (QED) is 0.378. The van der Waals surface area contributed by atoms with Crippen LogP contribution in [0.1, 0.15) is 58.1 Å². The van der Waals surface area contributed by atoms with Crippen molar-refractivity contribution in [3.63, 3.8) is 0 Å². The highest BCUT2D eigenvalue weighted by atomic mass is 79.9. The Morgan fingerprint density at radius 3 is 2.27 bits per heavy atom. The molecule has 0 bridgehead atoms. The van der Waals surface area contributed by atoms with Gasteiger partial charge < -0.3 is 10.2 Å². The maximum Gasteiger partial charge on any atom is 0.237 e. The third-order valence-corrected chi connectivity index (χ3v) is 9.03. The highest BCUT2D eigenvalue weighted by Gasteiger charge is 2.43. The number of amides is 2. The van der Waals surface area contributed by atoms with Crippen molar-refractivity contribution in [2.24, 2.45) is 0 Å². The van der Waals surface area contributed by atoms with Crippen LogP contribution in [0.15, 0.2) is 45.3 Å². The second kappa shape index (κ2) is 9.38. The average Bonchev–Trinajstić information content (AvgIpc) is 3.51. The number of hydrogen-bond donors (Lipinski definition) is 1. The highest BCUT2D eigenvalue weighted by molar-refractivity contribution is 9.10. The fourth-order valence-corrected chi connectivity index (χ4v) is 6.12. The SMILES string of the molecule is CC1(C)C(=O)N(CCCSC2CC2)c2cc(Br)ccc21.CC1(C)C(=O)Nc2cc(Br)ccc21. The van der Waals surface area contributed by atoms with Gasteiger partial charge in [-0.05, 0) is 88.1 Å². The summed E-state index contributed by atoms with van der Waals surface area (Å²) in [7, 11) is 0. The number of nitrogens with zero attached hydrogens (tertiary/aromatic N) is 1. The smallest absolute Gasteiger partial charge is 0.237 e. The van der Waals surface area contributed by atoms with Gasteiger partial charge in [0.2, 0.25) is 11.8 Å². The zero-order chi connectivity index (χ0) is 24.0. The van der Waals surface area contributed by atoms with Crippen LogP contribution in [-0.2, 0) is 20.4 Å². The minimum Gasteiger partial charge on any atom is -0.325 e. The van der Waals surface area contributed by atoms with Gasteiger partial charge in [-0.25, -0.2) is 0 Å². The summed E-state index contributed by atoms with van der Waals surface area (Å²) in [5, 5.41) is 3.76. The number of rotatable bonds is 5. The molecule has 0 spiro atoms. The number of fused-ring (bicyclic) bond motifs is 2. The molecule has 2 aromatic carbocycles. The summed E-state index contributed by atoms with van der Waals surface area (Å²) in [6.07, 6.45) is 3.85. The monoisotopic (exact) mass is 592 g/mol. The topological polar surface area (TPSA) is 49.4 Å². The maximum atomic E-state index is 12.6. The summed E-state index contributed by atoms with van der Waals surface area (Å²) in [5.74, 6) is 1.47. The van der Waals surface area contributed by atoms with Crippen LogP contribution >= 0.6 is 43.6 Å². The summed E-state index contributed by atoms with van der Waals surface area (Å²) in [4.78, 5) is 26.2. The number of benzene rings is 2. The number of hydrogen-bond acceptors (Lipinski definition) is 3. The van der Waals surface area contributed by atoms with Gasteiger partial charge in [0.15, 0.2) is 0 Å². The summed E-state index contributed by atoms with van der Waals surface area (Å²) in [6, 6.07) is 12.1. The van der Waals surface area contributed by atoms with Gasteiger partial charge in [0.1, 0.15) is 0 Å². The molecule has 33 heavy (non-hydrogen) atoms. The molecule has 1 N–H and O–H groups in total.